The third-order valence-corrected chi connectivity index (χ3v) is 5.95. The first-order chi connectivity index (χ1) is 16.2. The third kappa shape index (κ3) is 4.60. The van der Waals surface area contributed by atoms with E-state index < -0.39 is 0 Å². The van der Waals surface area contributed by atoms with Crippen molar-refractivity contribution in [2.24, 2.45) is 0 Å². The Balaban J connectivity index is 1.47. The summed E-state index contributed by atoms with van der Waals surface area (Å²) in [4.78, 5) is 14.5. The van der Waals surface area contributed by atoms with Gasteiger partial charge < -0.3 is 19.6 Å². The maximum absolute atomic E-state index is 9.71. The van der Waals surface area contributed by atoms with Crippen molar-refractivity contribution in [2.75, 3.05) is 43.1 Å². The molecule has 4 aromatic rings. The lowest BCUT2D eigenvalue weighted by Gasteiger charge is -2.36. The van der Waals surface area contributed by atoms with Crippen LogP contribution in [0.1, 0.15) is 0 Å². The molecule has 0 saturated carbocycles. The number of hydrogen-bond donors (Lipinski definition) is 1. The van der Waals surface area contributed by atoms with Crippen LogP contribution in [0.3, 0.4) is 0 Å². The molecular weight excluding hydrogens is 412 g/mol. The summed E-state index contributed by atoms with van der Waals surface area (Å²) in [6, 6.07) is 27.5. The van der Waals surface area contributed by atoms with Gasteiger partial charge in [-0.3, -0.25) is 0 Å². The normalized spacial score (nSPS) is 13.7. The van der Waals surface area contributed by atoms with Gasteiger partial charge in [-0.1, -0.05) is 18.2 Å². The molecule has 0 radical (unpaired) electrons. The van der Waals surface area contributed by atoms with Gasteiger partial charge in [-0.15, -0.1) is 0 Å². The molecule has 166 valence electrons. The molecule has 1 N–H and O–H groups in total. The minimum absolute atomic E-state index is 0.237. The van der Waals surface area contributed by atoms with E-state index in [2.05, 4.69) is 34.1 Å². The summed E-state index contributed by atoms with van der Waals surface area (Å²) in [6.07, 6.45) is 0. The van der Waals surface area contributed by atoms with Crippen molar-refractivity contribution < 1.29 is 9.84 Å². The predicted molar refractivity (Wildman–Crippen MR) is 132 cm³/mol. The highest BCUT2D eigenvalue weighted by molar-refractivity contribution is 5.70. The molecule has 1 aliphatic rings. The van der Waals surface area contributed by atoms with E-state index in [0.717, 1.165) is 60.4 Å². The van der Waals surface area contributed by atoms with Crippen LogP contribution in [0.2, 0.25) is 0 Å². The second kappa shape index (κ2) is 9.20. The minimum Gasteiger partial charge on any atom is -0.508 e. The van der Waals surface area contributed by atoms with Gasteiger partial charge >= 0.3 is 0 Å². The van der Waals surface area contributed by atoms with Gasteiger partial charge in [-0.25, -0.2) is 9.97 Å². The van der Waals surface area contributed by atoms with Crippen molar-refractivity contribution in [3.05, 3.63) is 84.9 Å². The van der Waals surface area contributed by atoms with Gasteiger partial charge in [0.25, 0.3) is 0 Å². The summed E-state index contributed by atoms with van der Waals surface area (Å²) in [5.41, 5.74) is 4.87. The standard InChI is InChI=1S/C27H26N4O2/c1-33-24-13-9-21(10-14-24)26-19-25(20-7-11-23(32)12-8-20)28-27(29-26)31-17-15-30(16-18-31)22-5-3-2-4-6-22/h2-14,19,32H,15-18H2,1H3. The van der Waals surface area contributed by atoms with E-state index in [-0.39, 0.29) is 5.75 Å². The van der Waals surface area contributed by atoms with E-state index in [0.29, 0.717) is 0 Å². The number of hydrogen-bond acceptors (Lipinski definition) is 6. The molecule has 0 atom stereocenters. The molecule has 2 heterocycles. The highest BCUT2D eigenvalue weighted by Crippen LogP contribution is 2.29. The van der Waals surface area contributed by atoms with Crippen LogP contribution in [0.4, 0.5) is 11.6 Å². The number of aromatic nitrogens is 2. The Morgan fingerprint density at radius 2 is 1.24 bits per heavy atom. The van der Waals surface area contributed by atoms with Gasteiger partial charge in [-0.05, 0) is 66.7 Å². The molecule has 0 bridgehead atoms. The topological polar surface area (TPSA) is 61.7 Å². The first kappa shape index (κ1) is 20.8. The van der Waals surface area contributed by atoms with Crippen molar-refractivity contribution in [2.45, 2.75) is 0 Å². The van der Waals surface area contributed by atoms with Gasteiger partial charge in [0.1, 0.15) is 11.5 Å². The Morgan fingerprint density at radius 3 is 1.82 bits per heavy atom. The predicted octanol–water partition coefficient (Wildman–Crippen LogP) is 4.85. The molecule has 1 fully saturated rings. The van der Waals surface area contributed by atoms with E-state index in [1.807, 2.05) is 48.5 Å². The van der Waals surface area contributed by atoms with Crippen LogP contribution in [0.5, 0.6) is 11.5 Å². The summed E-state index contributed by atoms with van der Waals surface area (Å²) in [7, 11) is 1.66. The van der Waals surface area contributed by atoms with Crippen LogP contribution in [0.15, 0.2) is 84.9 Å². The molecule has 6 nitrogen and oxygen atoms in total. The number of piperazine rings is 1. The lowest BCUT2D eigenvalue weighted by atomic mass is 10.1. The summed E-state index contributed by atoms with van der Waals surface area (Å²) >= 11 is 0. The number of ether oxygens (including phenoxy) is 1. The fraction of sp³-hybridized carbons (Fsp3) is 0.185. The third-order valence-electron chi connectivity index (χ3n) is 5.95. The first-order valence-electron chi connectivity index (χ1n) is 11.1. The number of phenols is 1. The van der Waals surface area contributed by atoms with Crippen molar-refractivity contribution in [3.63, 3.8) is 0 Å². The number of methoxy groups -OCH3 is 1. The molecule has 1 aromatic heterocycles. The molecule has 3 aromatic carbocycles. The molecule has 0 amide bonds. The number of anilines is 2. The molecule has 1 aliphatic heterocycles. The summed E-state index contributed by atoms with van der Waals surface area (Å²) < 4.78 is 5.31. The average molecular weight is 439 g/mol. The maximum Gasteiger partial charge on any atom is 0.226 e. The monoisotopic (exact) mass is 438 g/mol. The number of rotatable bonds is 5. The second-order valence-corrected chi connectivity index (χ2v) is 8.02. The molecule has 0 unspecified atom stereocenters. The zero-order valence-corrected chi connectivity index (χ0v) is 18.6. The van der Waals surface area contributed by atoms with Crippen molar-refractivity contribution in [1.82, 2.24) is 9.97 Å². The van der Waals surface area contributed by atoms with E-state index in [1.54, 1.807) is 19.2 Å². The number of benzene rings is 3. The fourth-order valence-electron chi connectivity index (χ4n) is 4.07. The lowest BCUT2D eigenvalue weighted by molar-refractivity contribution is 0.415. The Kier molecular flexibility index (Phi) is 5.81. The smallest absolute Gasteiger partial charge is 0.226 e. The van der Waals surface area contributed by atoms with Crippen LogP contribution in [0.25, 0.3) is 22.5 Å². The molecule has 33 heavy (non-hydrogen) atoms. The summed E-state index contributed by atoms with van der Waals surface area (Å²) in [6.45, 7) is 3.51. The van der Waals surface area contributed by atoms with Crippen molar-refractivity contribution in [1.29, 1.82) is 0 Å². The van der Waals surface area contributed by atoms with Crippen LogP contribution in [-0.4, -0.2) is 48.4 Å². The van der Waals surface area contributed by atoms with E-state index in [9.17, 15) is 5.11 Å². The summed E-state index contributed by atoms with van der Waals surface area (Å²) in [5, 5.41) is 9.71. The minimum atomic E-state index is 0.237. The SMILES string of the molecule is COc1ccc(-c2cc(-c3ccc(O)cc3)nc(N3CCN(c4ccccc4)CC3)n2)cc1. The highest BCUT2D eigenvalue weighted by atomic mass is 16.5. The van der Waals surface area contributed by atoms with Crippen molar-refractivity contribution >= 4 is 11.6 Å². The van der Waals surface area contributed by atoms with E-state index in [4.69, 9.17) is 14.7 Å². The van der Waals surface area contributed by atoms with Crippen molar-refractivity contribution in [3.8, 4) is 34.0 Å². The Labute approximate surface area is 193 Å². The van der Waals surface area contributed by atoms with Gasteiger partial charge in [-0.2, -0.15) is 0 Å². The Hall–Kier alpha value is -4.06. The Morgan fingerprint density at radius 1 is 0.697 bits per heavy atom. The quantitative estimate of drug-likeness (QED) is 0.481. The fourth-order valence-corrected chi connectivity index (χ4v) is 4.07. The molecule has 1 saturated heterocycles. The van der Waals surface area contributed by atoms with Gasteiger partial charge in [0.2, 0.25) is 5.95 Å². The number of para-hydroxylation sites is 1. The largest absolute Gasteiger partial charge is 0.508 e. The zero-order chi connectivity index (χ0) is 22.6. The summed E-state index contributed by atoms with van der Waals surface area (Å²) in [5.74, 6) is 1.77. The number of nitrogens with zero attached hydrogens (tertiary/aromatic N) is 4. The highest BCUT2D eigenvalue weighted by Gasteiger charge is 2.21. The zero-order valence-electron chi connectivity index (χ0n) is 18.6. The van der Waals surface area contributed by atoms with Gasteiger partial charge in [0.05, 0.1) is 18.5 Å². The van der Waals surface area contributed by atoms with Crippen LogP contribution in [-0.2, 0) is 0 Å². The van der Waals surface area contributed by atoms with Crippen LogP contribution >= 0.6 is 0 Å². The second-order valence-electron chi connectivity index (χ2n) is 8.02. The van der Waals surface area contributed by atoms with Gasteiger partial charge in [0.15, 0.2) is 0 Å². The van der Waals surface area contributed by atoms with E-state index >= 15 is 0 Å². The Bertz CT molecular complexity index is 1200. The average Bonchev–Trinajstić information content (AvgIpc) is 2.89. The van der Waals surface area contributed by atoms with Crippen LogP contribution < -0.4 is 14.5 Å². The maximum atomic E-state index is 9.71. The van der Waals surface area contributed by atoms with Crippen LogP contribution in [0, 0.1) is 0 Å². The van der Waals surface area contributed by atoms with Gasteiger partial charge in [0, 0.05) is 43.0 Å². The molecule has 6 heteroatoms. The molecule has 5 rings (SSSR count). The first-order valence-corrected chi connectivity index (χ1v) is 11.1. The lowest BCUT2D eigenvalue weighted by Crippen LogP contribution is -2.47. The molecule has 0 spiro atoms. The van der Waals surface area contributed by atoms with E-state index in [1.165, 1.54) is 5.69 Å². The number of aromatic hydroxyl groups is 1. The number of phenolic OH excluding ortho intramolecular Hbond substituents is 1. The molecular formula is C27H26N4O2. The molecule has 0 aliphatic carbocycles.